The van der Waals surface area contributed by atoms with E-state index in [0.717, 1.165) is 43.6 Å². The standard InChI is InChI=1S/C41H49ClN10O6S/c1-49(59(3,56)57)35-7-5-4-6-32(35)45-39-31(42)25-43-41(48-39)46-33-13-12-30(24-36(33)58-2)51-20-22-52(23-21-51)38(54)26-50-18-16-28(17-19-50)27-8-10-29(11-9-27)44-34-14-15-37(53)47-40(34)55/h4-13,24-25,28,34,44H,14-23,26H2,1-3H3,(H,47,53,55)(H2,43,45,46,48). The molecule has 3 saturated heterocycles. The maximum absolute atomic E-state index is 13.4. The van der Waals surface area contributed by atoms with Crippen molar-refractivity contribution in [2.45, 2.75) is 37.6 Å². The second-order valence-corrected chi connectivity index (χ2v) is 17.4. The van der Waals surface area contributed by atoms with Gasteiger partial charge in [0.2, 0.25) is 33.7 Å². The molecule has 1 atom stereocenters. The fraction of sp³-hybridized carbons (Fsp3) is 0.390. The molecule has 3 fully saturated rings. The first-order chi connectivity index (χ1) is 28.3. The fourth-order valence-electron chi connectivity index (χ4n) is 7.59. The number of rotatable bonds is 13. The zero-order valence-electron chi connectivity index (χ0n) is 33.3. The van der Waals surface area contributed by atoms with E-state index in [1.54, 1.807) is 31.4 Å². The van der Waals surface area contributed by atoms with Crippen LogP contribution in [0.2, 0.25) is 5.02 Å². The lowest BCUT2D eigenvalue weighted by Gasteiger charge is -2.38. The number of sulfonamides is 1. The van der Waals surface area contributed by atoms with Gasteiger partial charge in [0.15, 0.2) is 5.82 Å². The van der Waals surface area contributed by atoms with Crippen molar-refractivity contribution in [1.29, 1.82) is 0 Å². The Morgan fingerprint density at radius 1 is 0.949 bits per heavy atom. The molecule has 3 aliphatic heterocycles. The molecule has 312 valence electrons. The Kier molecular flexibility index (Phi) is 12.7. The van der Waals surface area contributed by atoms with E-state index in [1.807, 2.05) is 35.2 Å². The zero-order valence-corrected chi connectivity index (χ0v) is 34.9. The Hall–Kier alpha value is -5.65. The minimum atomic E-state index is -3.51. The minimum Gasteiger partial charge on any atom is -0.494 e. The Morgan fingerprint density at radius 2 is 1.68 bits per heavy atom. The number of halogens is 1. The molecule has 59 heavy (non-hydrogen) atoms. The molecule has 7 rings (SSSR count). The number of aromatic nitrogens is 2. The van der Waals surface area contributed by atoms with Gasteiger partial charge in [-0.3, -0.25) is 28.9 Å². The third-order valence-electron chi connectivity index (χ3n) is 11.1. The molecule has 16 nitrogen and oxygen atoms in total. The normalized spacial score (nSPS) is 17.9. The highest BCUT2D eigenvalue weighted by Crippen LogP contribution is 2.35. The van der Waals surface area contributed by atoms with Crippen LogP contribution in [0, 0.1) is 0 Å². The smallest absolute Gasteiger partial charge is 0.249 e. The van der Waals surface area contributed by atoms with Crippen LogP contribution < -0.4 is 35.2 Å². The Labute approximate surface area is 349 Å². The van der Waals surface area contributed by atoms with E-state index in [4.69, 9.17) is 16.3 Å². The molecule has 18 heteroatoms. The van der Waals surface area contributed by atoms with Gasteiger partial charge in [0.05, 0.1) is 43.2 Å². The van der Waals surface area contributed by atoms with Gasteiger partial charge >= 0.3 is 0 Å². The number of likely N-dealkylation sites (tertiary alicyclic amines) is 1. The Bertz CT molecular complexity index is 2280. The lowest BCUT2D eigenvalue weighted by molar-refractivity contribution is -0.134. The molecule has 3 aliphatic rings. The topological polar surface area (TPSA) is 181 Å². The van der Waals surface area contributed by atoms with Gasteiger partial charge in [0.1, 0.15) is 16.8 Å². The molecule has 3 aromatic carbocycles. The second kappa shape index (κ2) is 18.1. The molecule has 0 saturated carbocycles. The number of amides is 3. The van der Waals surface area contributed by atoms with Crippen molar-refractivity contribution in [3.05, 3.63) is 83.5 Å². The third kappa shape index (κ3) is 10.1. The van der Waals surface area contributed by atoms with Gasteiger partial charge in [0, 0.05) is 57.1 Å². The van der Waals surface area contributed by atoms with E-state index >= 15 is 0 Å². The highest BCUT2D eigenvalue weighted by molar-refractivity contribution is 7.92. The number of methoxy groups -OCH3 is 1. The fourth-order valence-corrected chi connectivity index (χ4v) is 8.24. The van der Waals surface area contributed by atoms with E-state index in [9.17, 15) is 22.8 Å². The first-order valence-electron chi connectivity index (χ1n) is 19.6. The number of anilines is 7. The van der Waals surface area contributed by atoms with E-state index in [-0.39, 0.29) is 34.5 Å². The highest BCUT2D eigenvalue weighted by Gasteiger charge is 2.28. The number of para-hydroxylation sites is 2. The molecule has 0 aliphatic carbocycles. The molecule has 1 unspecified atom stereocenters. The van der Waals surface area contributed by atoms with Gasteiger partial charge in [-0.05, 0) is 80.2 Å². The summed E-state index contributed by atoms with van der Waals surface area (Å²) in [4.78, 5) is 52.3. The van der Waals surface area contributed by atoms with Crippen LogP contribution in [0.4, 0.5) is 40.2 Å². The average molecular weight is 845 g/mol. The number of carbonyl (C=O) groups is 3. The van der Waals surface area contributed by atoms with Crippen LogP contribution in [-0.2, 0) is 24.4 Å². The van der Waals surface area contributed by atoms with Gasteiger partial charge < -0.3 is 30.5 Å². The molecule has 3 amide bonds. The summed E-state index contributed by atoms with van der Waals surface area (Å²) in [5.74, 6) is 1.17. The first kappa shape index (κ1) is 41.5. The lowest BCUT2D eigenvalue weighted by atomic mass is 9.89. The predicted molar refractivity (Wildman–Crippen MR) is 230 cm³/mol. The third-order valence-corrected chi connectivity index (χ3v) is 12.5. The van der Waals surface area contributed by atoms with E-state index < -0.39 is 16.1 Å². The number of hydrogen-bond acceptors (Lipinski definition) is 13. The molecule has 0 bridgehead atoms. The van der Waals surface area contributed by atoms with Crippen LogP contribution >= 0.6 is 11.6 Å². The van der Waals surface area contributed by atoms with Crippen molar-refractivity contribution < 1.29 is 27.5 Å². The number of hydrogen-bond donors (Lipinski definition) is 4. The van der Waals surface area contributed by atoms with Gasteiger partial charge in [-0.2, -0.15) is 4.98 Å². The summed E-state index contributed by atoms with van der Waals surface area (Å²) < 4.78 is 31.4. The Morgan fingerprint density at radius 3 is 2.37 bits per heavy atom. The molecule has 0 spiro atoms. The average Bonchev–Trinajstić information content (AvgIpc) is 3.23. The van der Waals surface area contributed by atoms with Crippen molar-refractivity contribution >= 4 is 79.5 Å². The summed E-state index contributed by atoms with van der Waals surface area (Å²) in [6.45, 7) is 4.71. The quantitative estimate of drug-likeness (QED) is 0.135. The summed E-state index contributed by atoms with van der Waals surface area (Å²) >= 11 is 6.45. The predicted octanol–water partition coefficient (Wildman–Crippen LogP) is 4.77. The summed E-state index contributed by atoms with van der Waals surface area (Å²) in [5.41, 5.74) is 4.64. The van der Waals surface area contributed by atoms with E-state index in [0.29, 0.717) is 74.3 Å². The number of nitrogens with zero attached hydrogens (tertiary/aromatic N) is 6. The molecule has 4 N–H and O–H groups in total. The van der Waals surface area contributed by atoms with Crippen molar-refractivity contribution in [3.63, 3.8) is 0 Å². The monoisotopic (exact) mass is 844 g/mol. The molecular weight excluding hydrogens is 796 g/mol. The maximum Gasteiger partial charge on any atom is 0.249 e. The van der Waals surface area contributed by atoms with Crippen LogP contribution in [0.5, 0.6) is 5.75 Å². The van der Waals surface area contributed by atoms with Crippen LogP contribution in [0.3, 0.4) is 0 Å². The first-order valence-corrected chi connectivity index (χ1v) is 21.8. The van der Waals surface area contributed by atoms with Gasteiger partial charge in [-0.15, -0.1) is 0 Å². The molecular formula is C41H49ClN10O6S. The van der Waals surface area contributed by atoms with Gasteiger partial charge in [-0.1, -0.05) is 35.9 Å². The number of nitrogens with one attached hydrogen (secondary N) is 4. The highest BCUT2D eigenvalue weighted by atomic mass is 35.5. The van der Waals surface area contributed by atoms with Crippen LogP contribution in [0.1, 0.15) is 37.2 Å². The Balaban J connectivity index is 0.885. The summed E-state index contributed by atoms with van der Waals surface area (Å²) in [5, 5.41) is 12.2. The minimum absolute atomic E-state index is 0.145. The number of piperidine rings is 2. The zero-order chi connectivity index (χ0) is 41.7. The van der Waals surface area contributed by atoms with Crippen LogP contribution in [-0.4, -0.2) is 118 Å². The number of piperazine rings is 1. The van der Waals surface area contributed by atoms with E-state index in [2.05, 4.69) is 53.2 Å². The van der Waals surface area contributed by atoms with Gasteiger partial charge in [0.25, 0.3) is 0 Å². The largest absolute Gasteiger partial charge is 0.494 e. The number of imide groups is 1. The maximum atomic E-state index is 13.4. The summed E-state index contributed by atoms with van der Waals surface area (Å²) in [7, 11) is -0.443. The van der Waals surface area contributed by atoms with Crippen LogP contribution in [0.25, 0.3) is 0 Å². The van der Waals surface area contributed by atoms with Crippen molar-refractivity contribution in [3.8, 4) is 5.75 Å². The number of carbonyl (C=O) groups excluding carboxylic acids is 3. The van der Waals surface area contributed by atoms with E-state index in [1.165, 1.54) is 23.1 Å². The second-order valence-electron chi connectivity index (χ2n) is 15.0. The molecule has 0 radical (unpaired) electrons. The number of ether oxygens (including phenoxy) is 1. The van der Waals surface area contributed by atoms with Gasteiger partial charge in [-0.25, -0.2) is 13.4 Å². The van der Waals surface area contributed by atoms with Crippen molar-refractivity contribution in [1.82, 2.24) is 25.1 Å². The molecule has 1 aromatic heterocycles. The van der Waals surface area contributed by atoms with Crippen molar-refractivity contribution in [2.24, 2.45) is 0 Å². The van der Waals surface area contributed by atoms with Crippen LogP contribution in [0.15, 0.2) is 72.9 Å². The lowest BCUT2D eigenvalue weighted by Crippen LogP contribution is -2.51. The molecule has 4 heterocycles. The SMILES string of the molecule is COc1cc(N2CCN(C(=O)CN3CCC(c4ccc(NC5CCC(=O)NC5=O)cc4)CC3)CC2)ccc1Nc1ncc(Cl)c(Nc2ccccc2N(C)S(C)(=O)=O)n1. The summed E-state index contributed by atoms with van der Waals surface area (Å²) in [6.07, 6.45) is 5.35. The molecule has 4 aromatic rings. The summed E-state index contributed by atoms with van der Waals surface area (Å²) in [6, 6.07) is 20.6. The van der Waals surface area contributed by atoms with Crippen molar-refractivity contribution in [2.75, 3.05) is 91.4 Å². The number of benzene rings is 3.